The summed E-state index contributed by atoms with van der Waals surface area (Å²) in [7, 11) is 0. The number of esters is 1. The Morgan fingerprint density at radius 3 is 2.50 bits per heavy atom. The Balaban J connectivity index is 2.02. The van der Waals surface area contributed by atoms with Gasteiger partial charge in [0, 0.05) is 25.7 Å². The van der Waals surface area contributed by atoms with Gasteiger partial charge >= 0.3 is 5.97 Å². The summed E-state index contributed by atoms with van der Waals surface area (Å²) in [4.78, 5) is 34.9. The maximum absolute atomic E-state index is 12.0. The number of hydrogen-bond donors (Lipinski definition) is 0. The Labute approximate surface area is 167 Å². The molecule has 0 spiro atoms. The van der Waals surface area contributed by atoms with E-state index < -0.39 is 5.60 Å². The topological polar surface area (TPSA) is 78.9 Å². The highest BCUT2D eigenvalue weighted by atomic mass is 16.6. The molecule has 6 heteroatoms. The van der Waals surface area contributed by atoms with Crippen molar-refractivity contribution in [1.29, 1.82) is 0 Å². The first-order valence-electron chi connectivity index (χ1n) is 10.6. The Bertz CT molecular complexity index is 618. The van der Waals surface area contributed by atoms with Gasteiger partial charge in [0.2, 0.25) is 0 Å². The monoisotopic (exact) mass is 394 g/mol. The fourth-order valence-corrected chi connectivity index (χ4v) is 5.96. The lowest BCUT2D eigenvalue weighted by molar-refractivity contribution is -0.160. The molecule has 9 atom stereocenters. The third kappa shape index (κ3) is 3.90. The van der Waals surface area contributed by atoms with E-state index in [0.717, 1.165) is 12.7 Å². The van der Waals surface area contributed by atoms with Crippen LogP contribution in [0.1, 0.15) is 60.3 Å². The molecular weight excluding hydrogens is 360 g/mol. The van der Waals surface area contributed by atoms with Crippen LogP contribution < -0.4 is 0 Å². The van der Waals surface area contributed by atoms with Crippen molar-refractivity contribution in [3.63, 3.8) is 0 Å². The zero-order valence-corrected chi connectivity index (χ0v) is 17.7. The van der Waals surface area contributed by atoms with Crippen LogP contribution in [0.2, 0.25) is 0 Å². The third-order valence-electron chi connectivity index (χ3n) is 7.18. The lowest BCUT2D eigenvalue weighted by Gasteiger charge is -2.46. The van der Waals surface area contributed by atoms with Gasteiger partial charge in [0.1, 0.15) is 18.2 Å². The number of aldehydes is 1. The number of rotatable bonds is 6. The van der Waals surface area contributed by atoms with Crippen molar-refractivity contribution < 1.29 is 28.6 Å². The van der Waals surface area contributed by atoms with E-state index in [2.05, 4.69) is 13.8 Å². The van der Waals surface area contributed by atoms with Crippen LogP contribution >= 0.6 is 0 Å². The third-order valence-corrected chi connectivity index (χ3v) is 7.18. The van der Waals surface area contributed by atoms with Crippen LogP contribution in [0.4, 0.5) is 0 Å². The van der Waals surface area contributed by atoms with Crippen LogP contribution in [-0.2, 0) is 28.6 Å². The van der Waals surface area contributed by atoms with Crippen LogP contribution in [0.15, 0.2) is 0 Å². The summed E-state index contributed by atoms with van der Waals surface area (Å²) in [6.45, 7) is 10.0. The van der Waals surface area contributed by atoms with E-state index in [9.17, 15) is 14.4 Å². The smallest absolute Gasteiger partial charge is 0.302 e. The van der Waals surface area contributed by atoms with Crippen LogP contribution in [-0.4, -0.2) is 48.6 Å². The van der Waals surface area contributed by atoms with E-state index in [-0.39, 0.29) is 47.8 Å². The van der Waals surface area contributed by atoms with Crippen molar-refractivity contribution in [2.75, 3.05) is 6.61 Å². The van der Waals surface area contributed by atoms with E-state index in [1.807, 2.05) is 6.92 Å². The van der Waals surface area contributed by atoms with Gasteiger partial charge in [-0.15, -0.1) is 0 Å². The molecule has 9 unspecified atom stereocenters. The number of ether oxygens (including phenoxy) is 3. The van der Waals surface area contributed by atoms with Gasteiger partial charge in [-0.05, 0) is 50.4 Å². The summed E-state index contributed by atoms with van der Waals surface area (Å²) in [6.07, 6.45) is 2.43. The van der Waals surface area contributed by atoms with Crippen molar-refractivity contribution >= 4 is 18.0 Å². The van der Waals surface area contributed by atoms with Crippen molar-refractivity contribution in [1.82, 2.24) is 0 Å². The van der Waals surface area contributed by atoms with Gasteiger partial charge in [-0.1, -0.05) is 13.8 Å². The van der Waals surface area contributed by atoms with Gasteiger partial charge in [-0.3, -0.25) is 9.59 Å². The maximum Gasteiger partial charge on any atom is 0.302 e. The number of hydrogen-bond acceptors (Lipinski definition) is 6. The Kier molecular flexibility index (Phi) is 6.30. The molecule has 3 rings (SSSR count). The molecule has 0 aromatic heterocycles. The number of carbonyl (C=O) groups is 3. The summed E-state index contributed by atoms with van der Waals surface area (Å²) in [6, 6.07) is 0. The number of ketones is 1. The van der Waals surface area contributed by atoms with Gasteiger partial charge in [-0.25, -0.2) is 0 Å². The second kappa shape index (κ2) is 8.23. The molecule has 1 aliphatic carbocycles. The zero-order valence-electron chi connectivity index (χ0n) is 17.7. The Morgan fingerprint density at radius 2 is 1.89 bits per heavy atom. The fraction of sp³-hybridized carbons (Fsp3) is 0.864. The molecule has 1 saturated carbocycles. The molecule has 2 saturated heterocycles. The van der Waals surface area contributed by atoms with E-state index in [0.29, 0.717) is 37.7 Å². The van der Waals surface area contributed by atoms with E-state index in [4.69, 9.17) is 14.2 Å². The predicted octanol–water partition coefficient (Wildman–Crippen LogP) is 2.96. The molecular formula is C22H34O6. The predicted molar refractivity (Wildman–Crippen MR) is 103 cm³/mol. The first kappa shape index (κ1) is 21.4. The van der Waals surface area contributed by atoms with E-state index >= 15 is 0 Å². The van der Waals surface area contributed by atoms with E-state index in [1.54, 1.807) is 6.92 Å². The molecule has 6 nitrogen and oxygen atoms in total. The van der Waals surface area contributed by atoms with Crippen LogP contribution in [0, 0.1) is 29.6 Å². The van der Waals surface area contributed by atoms with Gasteiger partial charge in [0.25, 0.3) is 0 Å². The van der Waals surface area contributed by atoms with Crippen molar-refractivity contribution in [2.24, 2.45) is 29.6 Å². The summed E-state index contributed by atoms with van der Waals surface area (Å²) < 4.78 is 18.7. The molecule has 0 aromatic rings. The Morgan fingerprint density at radius 1 is 1.18 bits per heavy atom. The second-order valence-corrected chi connectivity index (χ2v) is 9.41. The molecule has 3 fully saturated rings. The highest BCUT2D eigenvalue weighted by Gasteiger charge is 2.62. The summed E-state index contributed by atoms with van der Waals surface area (Å²) in [5.74, 6) is 0.836. The highest BCUT2D eigenvalue weighted by molar-refractivity contribution is 5.76. The average Bonchev–Trinajstić information content (AvgIpc) is 2.94. The minimum absolute atomic E-state index is 0.0220. The SMILES string of the molecule is CC(=O)CC1OC2C3C(CC(C)C(OC(C)=O)C13)C(C)COC2(C)CCC=O. The van der Waals surface area contributed by atoms with Crippen LogP contribution in [0.3, 0.4) is 0 Å². The quantitative estimate of drug-likeness (QED) is 0.509. The number of carbonyl (C=O) groups excluding carboxylic acids is 3. The Hall–Kier alpha value is -1.27. The molecule has 0 N–H and O–H groups in total. The fourth-order valence-electron chi connectivity index (χ4n) is 5.96. The molecule has 2 heterocycles. The molecule has 0 amide bonds. The molecule has 158 valence electrons. The summed E-state index contributed by atoms with van der Waals surface area (Å²) >= 11 is 0. The summed E-state index contributed by atoms with van der Waals surface area (Å²) in [5.41, 5.74) is -0.584. The highest BCUT2D eigenvalue weighted by Crippen LogP contribution is 2.56. The lowest BCUT2D eigenvalue weighted by atomic mass is 9.59. The minimum Gasteiger partial charge on any atom is -0.462 e. The standard InChI is InChI=1S/C22H34O6/c1-12-9-16-13(2)11-26-22(5,7-6-8-23)21-18(16)19(20(12)27-15(4)25)17(28-21)10-14(3)24/h8,12-13,16-21H,6-7,9-11H2,1-5H3. The van der Waals surface area contributed by atoms with Crippen LogP contribution in [0.5, 0.6) is 0 Å². The van der Waals surface area contributed by atoms with Gasteiger partial charge < -0.3 is 19.0 Å². The maximum atomic E-state index is 12.0. The minimum atomic E-state index is -0.584. The second-order valence-electron chi connectivity index (χ2n) is 9.41. The average molecular weight is 395 g/mol. The van der Waals surface area contributed by atoms with E-state index in [1.165, 1.54) is 6.92 Å². The molecule has 0 radical (unpaired) electrons. The zero-order chi connectivity index (χ0) is 20.6. The normalized spacial score (nSPS) is 45.0. The van der Waals surface area contributed by atoms with Crippen molar-refractivity contribution in [2.45, 2.75) is 84.2 Å². The largest absolute Gasteiger partial charge is 0.462 e. The van der Waals surface area contributed by atoms with Crippen molar-refractivity contribution in [3.05, 3.63) is 0 Å². The van der Waals surface area contributed by atoms with Gasteiger partial charge in [0.05, 0.1) is 24.4 Å². The molecule has 28 heavy (non-hydrogen) atoms. The van der Waals surface area contributed by atoms with Crippen LogP contribution in [0.25, 0.3) is 0 Å². The lowest BCUT2D eigenvalue weighted by Crippen LogP contribution is -2.51. The van der Waals surface area contributed by atoms with Gasteiger partial charge in [0.15, 0.2) is 0 Å². The molecule has 2 aliphatic heterocycles. The van der Waals surface area contributed by atoms with Gasteiger partial charge in [-0.2, -0.15) is 0 Å². The first-order chi connectivity index (χ1) is 13.2. The molecule has 3 aliphatic rings. The molecule has 0 aromatic carbocycles. The number of Topliss-reactive ketones (excluding diaryl/α,β-unsaturated/α-hetero) is 1. The first-order valence-corrected chi connectivity index (χ1v) is 10.6. The molecule has 0 bridgehead atoms. The summed E-state index contributed by atoms with van der Waals surface area (Å²) in [5, 5.41) is 0. The van der Waals surface area contributed by atoms with Crippen molar-refractivity contribution in [3.8, 4) is 0 Å².